The lowest BCUT2D eigenvalue weighted by atomic mass is 10.1. The highest BCUT2D eigenvalue weighted by Crippen LogP contribution is 2.30. The Bertz CT molecular complexity index is 458. The molecule has 0 heterocycles. The van der Waals surface area contributed by atoms with E-state index in [-0.39, 0.29) is 19.0 Å². The molecule has 1 aliphatic carbocycles. The Morgan fingerprint density at radius 1 is 1.25 bits per heavy atom. The van der Waals surface area contributed by atoms with Crippen LogP contribution in [0.5, 0.6) is 5.75 Å². The van der Waals surface area contributed by atoms with E-state index in [0.717, 1.165) is 11.1 Å². The molecule has 1 aromatic rings. The molecule has 0 bridgehead atoms. The lowest BCUT2D eigenvalue weighted by Crippen LogP contribution is -2.24. The fourth-order valence-electron chi connectivity index (χ4n) is 2.19. The Morgan fingerprint density at radius 3 is 2.90 bits per heavy atom. The van der Waals surface area contributed by atoms with Crippen LogP contribution in [0.15, 0.2) is 18.2 Å². The summed E-state index contributed by atoms with van der Waals surface area (Å²) in [6, 6.07) is 5.45. The summed E-state index contributed by atoms with van der Waals surface area (Å²) in [6.45, 7) is 1.31. The monoisotopic (exact) mass is 280 g/mol. The number of aliphatic hydroxyl groups excluding tert-OH is 1. The molecule has 0 spiro atoms. The first-order chi connectivity index (χ1) is 9.72. The molecular formula is C15H20O5. The average Bonchev–Trinajstić information content (AvgIpc) is 2.84. The largest absolute Gasteiger partial charge is 0.490 e. The van der Waals surface area contributed by atoms with Crippen molar-refractivity contribution in [1.29, 1.82) is 0 Å². The van der Waals surface area contributed by atoms with Crippen molar-refractivity contribution >= 4 is 5.78 Å². The van der Waals surface area contributed by atoms with Crippen molar-refractivity contribution in [2.24, 2.45) is 0 Å². The summed E-state index contributed by atoms with van der Waals surface area (Å²) in [7, 11) is 1.60. The maximum Gasteiger partial charge on any atom is 0.163 e. The van der Waals surface area contributed by atoms with E-state index in [1.807, 2.05) is 12.1 Å². The number of carbonyl (C=O) groups excluding carboxylic acids is 1. The van der Waals surface area contributed by atoms with E-state index < -0.39 is 6.10 Å². The molecule has 1 aromatic carbocycles. The lowest BCUT2D eigenvalue weighted by molar-refractivity contribution is -0.00430. The zero-order chi connectivity index (χ0) is 14.4. The number of benzene rings is 1. The number of hydrogen-bond acceptors (Lipinski definition) is 5. The lowest BCUT2D eigenvalue weighted by Gasteiger charge is -2.14. The average molecular weight is 280 g/mol. The fourth-order valence-corrected chi connectivity index (χ4v) is 2.19. The number of hydrogen-bond donors (Lipinski definition) is 1. The third-order valence-electron chi connectivity index (χ3n) is 3.21. The predicted molar refractivity (Wildman–Crippen MR) is 73.3 cm³/mol. The molecule has 110 valence electrons. The number of carbonyl (C=O) groups is 1. The number of methoxy groups -OCH3 is 1. The quantitative estimate of drug-likeness (QED) is 0.725. The number of Topliss-reactive ketones (excluding diaryl/α,β-unsaturated/α-hetero) is 1. The maximum absolute atomic E-state index is 11.6. The van der Waals surface area contributed by atoms with Crippen molar-refractivity contribution < 1.29 is 24.1 Å². The first kappa shape index (κ1) is 15.0. The normalized spacial score (nSPS) is 15.2. The molecule has 5 nitrogen and oxygen atoms in total. The van der Waals surface area contributed by atoms with E-state index in [4.69, 9.17) is 14.2 Å². The van der Waals surface area contributed by atoms with Gasteiger partial charge in [0.15, 0.2) is 5.78 Å². The van der Waals surface area contributed by atoms with Gasteiger partial charge in [-0.15, -0.1) is 0 Å². The molecular weight excluding hydrogens is 260 g/mol. The molecule has 2 rings (SSSR count). The number of rotatable bonds is 8. The molecule has 0 radical (unpaired) electrons. The van der Waals surface area contributed by atoms with Crippen LogP contribution in [-0.4, -0.2) is 50.5 Å². The minimum atomic E-state index is -0.695. The van der Waals surface area contributed by atoms with Gasteiger partial charge in [-0.05, 0) is 12.5 Å². The molecule has 1 aliphatic rings. The first-order valence-electron chi connectivity index (χ1n) is 6.75. The van der Waals surface area contributed by atoms with Crippen LogP contribution in [0.1, 0.15) is 22.3 Å². The van der Waals surface area contributed by atoms with E-state index >= 15 is 0 Å². The Kier molecular flexibility index (Phi) is 5.52. The second kappa shape index (κ2) is 7.38. The molecule has 20 heavy (non-hydrogen) atoms. The van der Waals surface area contributed by atoms with E-state index in [2.05, 4.69) is 0 Å². The molecule has 0 saturated carbocycles. The highest BCUT2D eigenvalue weighted by atomic mass is 16.5. The minimum absolute atomic E-state index is 0.150. The Hall–Kier alpha value is -1.43. The third kappa shape index (κ3) is 3.79. The van der Waals surface area contributed by atoms with Crippen LogP contribution in [0.2, 0.25) is 0 Å². The molecule has 0 fully saturated rings. The standard InChI is InChI=1S/C15H20O5/c1-18-7-8-19-9-11(16)10-20-15-4-2-3-12-13(15)5-6-14(12)17/h2-4,11,16H,5-10H2,1H3. The summed E-state index contributed by atoms with van der Waals surface area (Å²) in [4.78, 5) is 11.6. The van der Waals surface area contributed by atoms with Gasteiger partial charge in [0.1, 0.15) is 18.5 Å². The number of fused-ring (bicyclic) bond motifs is 1. The van der Waals surface area contributed by atoms with Gasteiger partial charge in [0, 0.05) is 24.7 Å². The van der Waals surface area contributed by atoms with E-state index in [1.165, 1.54) is 0 Å². The van der Waals surface area contributed by atoms with E-state index in [9.17, 15) is 9.90 Å². The van der Waals surface area contributed by atoms with Gasteiger partial charge in [-0.3, -0.25) is 4.79 Å². The summed E-state index contributed by atoms with van der Waals surface area (Å²) in [5.74, 6) is 0.846. The first-order valence-corrected chi connectivity index (χ1v) is 6.75. The van der Waals surface area contributed by atoms with Crippen molar-refractivity contribution in [3.05, 3.63) is 29.3 Å². The van der Waals surface area contributed by atoms with Crippen LogP contribution < -0.4 is 4.74 Å². The molecule has 5 heteroatoms. The molecule has 1 atom stereocenters. The van der Waals surface area contributed by atoms with Gasteiger partial charge >= 0.3 is 0 Å². The summed E-state index contributed by atoms with van der Waals surface area (Å²) in [6.07, 6.45) is 0.559. The molecule has 1 N–H and O–H groups in total. The Balaban J connectivity index is 1.81. The van der Waals surface area contributed by atoms with Crippen LogP contribution in [0, 0.1) is 0 Å². The van der Waals surface area contributed by atoms with Crippen LogP contribution in [0.3, 0.4) is 0 Å². The van der Waals surface area contributed by atoms with Gasteiger partial charge in [0.05, 0.1) is 19.8 Å². The molecule has 0 amide bonds. The zero-order valence-electron chi connectivity index (χ0n) is 11.6. The van der Waals surface area contributed by atoms with Crippen LogP contribution in [-0.2, 0) is 15.9 Å². The highest BCUT2D eigenvalue weighted by Gasteiger charge is 2.22. The highest BCUT2D eigenvalue weighted by molar-refractivity contribution is 6.01. The van der Waals surface area contributed by atoms with Crippen LogP contribution >= 0.6 is 0 Å². The number of ketones is 1. The predicted octanol–water partition coefficient (Wildman–Crippen LogP) is 1.22. The summed E-state index contributed by atoms with van der Waals surface area (Å²) >= 11 is 0. The van der Waals surface area contributed by atoms with Crippen molar-refractivity contribution in [2.75, 3.05) is 33.5 Å². The summed E-state index contributed by atoms with van der Waals surface area (Å²) in [5, 5.41) is 9.75. The summed E-state index contributed by atoms with van der Waals surface area (Å²) in [5.41, 5.74) is 1.69. The van der Waals surface area contributed by atoms with Gasteiger partial charge in [0.25, 0.3) is 0 Å². The minimum Gasteiger partial charge on any atom is -0.490 e. The summed E-state index contributed by atoms with van der Waals surface area (Å²) < 4.78 is 15.7. The van der Waals surface area contributed by atoms with Crippen LogP contribution in [0.4, 0.5) is 0 Å². The SMILES string of the molecule is COCCOCC(O)COc1cccc2c1CCC2=O. The fraction of sp³-hybridized carbons (Fsp3) is 0.533. The van der Waals surface area contributed by atoms with Crippen molar-refractivity contribution in [3.63, 3.8) is 0 Å². The number of ether oxygens (including phenoxy) is 3. The maximum atomic E-state index is 11.6. The smallest absolute Gasteiger partial charge is 0.163 e. The van der Waals surface area contributed by atoms with E-state index in [1.54, 1.807) is 13.2 Å². The molecule has 1 unspecified atom stereocenters. The van der Waals surface area contributed by atoms with E-state index in [0.29, 0.717) is 31.8 Å². The Labute approximate surface area is 118 Å². The molecule has 0 aliphatic heterocycles. The topological polar surface area (TPSA) is 65.0 Å². The van der Waals surface area contributed by atoms with Crippen molar-refractivity contribution in [1.82, 2.24) is 0 Å². The number of aliphatic hydroxyl groups is 1. The Morgan fingerprint density at radius 2 is 2.10 bits per heavy atom. The molecule has 0 saturated heterocycles. The second-order valence-corrected chi connectivity index (χ2v) is 4.74. The van der Waals surface area contributed by atoms with Gasteiger partial charge < -0.3 is 19.3 Å². The van der Waals surface area contributed by atoms with Gasteiger partial charge in [0.2, 0.25) is 0 Å². The molecule has 0 aromatic heterocycles. The van der Waals surface area contributed by atoms with Gasteiger partial charge in [-0.2, -0.15) is 0 Å². The van der Waals surface area contributed by atoms with Gasteiger partial charge in [-0.1, -0.05) is 12.1 Å². The second-order valence-electron chi connectivity index (χ2n) is 4.74. The zero-order valence-corrected chi connectivity index (χ0v) is 11.6. The third-order valence-corrected chi connectivity index (χ3v) is 3.21. The van der Waals surface area contributed by atoms with Crippen molar-refractivity contribution in [2.45, 2.75) is 18.9 Å². The van der Waals surface area contributed by atoms with Crippen LogP contribution in [0.25, 0.3) is 0 Å². The van der Waals surface area contributed by atoms with Gasteiger partial charge in [-0.25, -0.2) is 0 Å². The van der Waals surface area contributed by atoms with Crippen molar-refractivity contribution in [3.8, 4) is 5.75 Å².